The Balaban J connectivity index is 0.000000490. The molecule has 0 bridgehead atoms. The van der Waals surface area contributed by atoms with Crippen molar-refractivity contribution in [3.63, 3.8) is 0 Å². The molecule has 0 fully saturated rings. The van der Waals surface area contributed by atoms with Crippen LogP contribution in [0.1, 0.15) is 97.3 Å². The molecule has 1 heterocycles. The average Bonchev–Trinajstić information content (AvgIpc) is 3.33. The van der Waals surface area contributed by atoms with Crippen LogP contribution in [-0.2, 0) is 9.47 Å². The van der Waals surface area contributed by atoms with E-state index in [2.05, 4.69) is 104 Å². The van der Waals surface area contributed by atoms with Gasteiger partial charge in [0.05, 0.1) is 32.1 Å². The van der Waals surface area contributed by atoms with Crippen LogP contribution in [0.15, 0.2) is 99.4 Å². The lowest BCUT2D eigenvalue weighted by Crippen LogP contribution is -2.30. The lowest BCUT2D eigenvalue weighted by atomic mass is 9.96. The lowest BCUT2D eigenvalue weighted by molar-refractivity contribution is 0.0469. The maximum absolute atomic E-state index is 12.6. The maximum Gasteiger partial charge on any atom is 0.416 e. The molecule has 1 aliphatic heterocycles. The predicted molar refractivity (Wildman–Crippen MR) is 239 cm³/mol. The zero-order valence-electron chi connectivity index (χ0n) is 36.1. The van der Waals surface area contributed by atoms with Crippen molar-refractivity contribution in [1.82, 2.24) is 15.1 Å². The van der Waals surface area contributed by atoms with Crippen molar-refractivity contribution < 1.29 is 19.0 Å². The van der Waals surface area contributed by atoms with E-state index < -0.39 is 6.09 Å². The molecule has 1 amide bonds. The second-order valence-corrected chi connectivity index (χ2v) is 14.8. The third kappa shape index (κ3) is 18.0. The van der Waals surface area contributed by atoms with Gasteiger partial charge in [-0.05, 0) is 116 Å². The fraction of sp³-hybridized carbons (Fsp3) is 0.489. The average molecular weight is 787 g/mol. The zero-order chi connectivity index (χ0) is 41.1. The molecule has 3 aromatic rings. The summed E-state index contributed by atoms with van der Waals surface area (Å²) in [6.07, 6.45) is 9.27. The molecule has 1 N–H and O–H groups in total. The molecule has 308 valence electrons. The second kappa shape index (κ2) is 28.6. The Morgan fingerprint density at radius 2 is 1.54 bits per heavy atom. The van der Waals surface area contributed by atoms with Gasteiger partial charge < -0.3 is 24.0 Å². The summed E-state index contributed by atoms with van der Waals surface area (Å²) in [7, 11) is 4.11. The van der Waals surface area contributed by atoms with E-state index in [0.717, 1.165) is 67.3 Å². The van der Waals surface area contributed by atoms with Gasteiger partial charge in [0.25, 0.3) is 0 Å². The van der Waals surface area contributed by atoms with E-state index in [-0.39, 0.29) is 0 Å². The van der Waals surface area contributed by atoms with E-state index in [4.69, 9.17) is 14.2 Å². The van der Waals surface area contributed by atoms with Crippen molar-refractivity contribution in [1.29, 1.82) is 0 Å². The summed E-state index contributed by atoms with van der Waals surface area (Å²) in [6.45, 7) is 22.8. The number of para-hydroxylation sites is 1. The van der Waals surface area contributed by atoms with E-state index in [1.54, 1.807) is 11.8 Å². The van der Waals surface area contributed by atoms with E-state index in [9.17, 15) is 4.79 Å². The fourth-order valence-corrected chi connectivity index (χ4v) is 7.07. The number of unbranched alkanes of at least 4 members (excludes halogenated alkanes) is 2. The number of fused-ring (bicyclic) bond motifs is 2. The largest absolute Gasteiger partial charge is 0.416 e. The summed E-state index contributed by atoms with van der Waals surface area (Å²) in [5.74, 6) is 0.568. The van der Waals surface area contributed by atoms with Crippen molar-refractivity contribution in [3.8, 4) is 5.75 Å². The van der Waals surface area contributed by atoms with E-state index in [1.807, 2.05) is 65.0 Å². The van der Waals surface area contributed by atoms with Crippen LogP contribution in [0.4, 0.5) is 10.5 Å². The van der Waals surface area contributed by atoms with Crippen LogP contribution in [0.5, 0.6) is 5.75 Å². The fourth-order valence-electron chi connectivity index (χ4n) is 6.00. The SMILES string of the molecule is C/C=C(/CCN(C)C)c1c(C)cccc1OC(=O)N/C(C)=C/COCCOCCN(CCC)CCCCC.CC.CC1=Nc2ccccc2Sc2ccccc21. The highest BCUT2D eigenvalue weighted by Crippen LogP contribution is 2.39. The maximum atomic E-state index is 12.6. The summed E-state index contributed by atoms with van der Waals surface area (Å²) in [5, 5.41) is 2.79. The number of aliphatic imine (C=N–C) groups is 1. The minimum absolute atomic E-state index is 0.400. The summed E-state index contributed by atoms with van der Waals surface area (Å²) >= 11 is 1.79. The van der Waals surface area contributed by atoms with Gasteiger partial charge in [0.15, 0.2) is 0 Å². The molecule has 56 heavy (non-hydrogen) atoms. The molecule has 0 spiro atoms. The highest BCUT2D eigenvalue weighted by Gasteiger charge is 2.16. The molecule has 8 nitrogen and oxygen atoms in total. The van der Waals surface area contributed by atoms with Gasteiger partial charge in [-0.15, -0.1) is 0 Å². The van der Waals surface area contributed by atoms with Gasteiger partial charge in [-0.2, -0.15) is 0 Å². The number of carbonyl (C=O) groups is 1. The first-order valence-corrected chi connectivity index (χ1v) is 21.3. The molecule has 0 radical (unpaired) electrons. The Morgan fingerprint density at radius 1 is 0.821 bits per heavy atom. The van der Waals surface area contributed by atoms with Gasteiger partial charge in [-0.25, -0.2) is 4.79 Å². The first kappa shape index (κ1) is 48.4. The Bertz CT molecular complexity index is 1670. The van der Waals surface area contributed by atoms with Crippen LogP contribution in [0.25, 0.3) is 5.57 Å². The highest BCUT2D eigenvalue weighted by molar-refractivity contribution is 7.99. The van der Waals surface area contributed by atoms with Crippen molar-refractivity contribution in [3.05, 3.63) is 101 Å². The van der Waals surface area contributed by atoms with Crippen LogP contribution in [-0.4, -0.2) is 88.3 Å². The van der Waals surface area contributed by atoms with Crippen LogP contribution >= 0.6 is 11.8 Å². The minimum Gasteiger partial charge on any atom is -0.409 e. The number of rotatable bonds is 20. The number of amides is 1. The number of carbonyl (C=O) groups excluding carboxylic acids is 1. The van der Waals surface area contributed by atoms with Gasteiger partial charge in [0, 0.05) is 45.4 Å². The standard InChI is InChI=1S/C31H53N3O4.C14H11NS.C2H6/c1-8-11-12-19-34(18-9-2)21-23-37-25-24-36-22-17-27(5)32-31(35)38-29-15-13-14-26(4)30(29)28(10-3)16-20-33(6)7;1-10-11-6-2-4-8-13(11)16-14-9-5-3-7-12(14)15-10;1-2/h10,13-15,17H,8-9,11-12,16,18-25H2,1-7H3,(H,32,35);2-9H,1H3;1-2H3/b27-17+,28-10-;;. The first-order valence-electron chi connectivity index (χ1n) is 20.5. The molecular weight excluding hydrogens is 717 g/mol. The second-order valence-electron chi connectivity index (χ2n) is 13.7. The quantitative estimate of drug-likeness (QED) is 0.114. The number of allylic oxidation sites excluding steroid dienone is 2. The number of nitrogens with one attached hydrogen (secondary N) is 1. The van der Waals surface area contributed by atoms with Crippen LogP contribution in [0, 0.1) is 6.92 Å². The normalized spacial score (nSPS) is 12.4. The Labute approximate surface area is 343 Å². The Morgan fingerprint density at radius 3 is 2.25 bits per heavy atom. The number of hydrogen-bond donors (Lipinski definition) is 1. The molecule has 9 heteroatoms. The first-order chi connectivity index (χ1) is 27.2. The zero-order valence-corrected chi connectivity index (χ0v) is 36.9. The highest BCUT2D eigenvalue weighted by atomic mass is 32.2. The van der Waals surface area contributed by atoms with Crippen LogP contribution in [0.3, 0.4) is 0 Å². The molecule has 0 saturated carbocycles. The van der Waals surface area contributed by atoms with Gasteiger partial charge in [0.1, 0.15) is 5.75 Å². The molecule has 0 atom stereocenters. The summed E-state index contributed by atoms with van der Waals surface area (Å²) in [4.78, 5) is 24.4. The third-order valence-electron chi connectivity index (χ3n) is 8.93. The molecule has 0 aromatic heterocycles. The molecule has 4 rings (SSSR count). The van der Waals surface area contributed by atoms with Crippen molar-refractivity contribution >= 4 is 34.8 Å². The summed E-state index contributed by atoms with van der Waals surface area (Å²) in [5.41, 5.74) is 7.32. The Kier molecular flexibility index (Phi) is 24.8. The smallest absolute Gasteiger partial charge is 0.409 e. The van der Waals surface area contributed by atoms with Crippen molar-refractivity contribution in [2.75, 3.05) is 66.7 Å². The molecule has 1 aliphatic rings. The topological polar surface area (TPSA) is 75.6 Å². The summed E-state index contributed by atoms with van der Waals surface area (Å²) < 4.78 is 17.1. The van der Waals surface area contributed by atoms with E-state index in [1.165, 1.54) is 41.0 Å². The van der Waals surface area contributed by atoms with Gasteiger partial charge >= 0.3 is 6.09 Å². The van der Waals surface area contributed by atoms with Crippen LogP contribution < -0.4 is 10.1 Å². The van der Waals surface area contributed by atoms with Gasteiger partial charge in [-0.1, -0.05) is 101 Å². The van der Waals surface area contributed by atoms with Gasteiger partial charge in [0.2, 0.25) is 0 Å². The molecule has 0 unspecified atom stereocenters. The number of hydrogen-bond acceptors (Lipinski definition) is 8. The van der Waals surface area contributed by atoms with Gasteiger partial charge in [-0.3, -0.25) is 10.3 Å². The lowest BCUT2D eigenvalue weighted by Gasteiger charge is -2.21. The minimum atomic E-state index is -0.507. The Hall–Kier alpha value is -3.73. The molecule has 0 aliphatic carbocycles. The van der Waals surface area contributed by atoms with Crippen molar-refractivity contribution in [2.45, 2.75) is 97.3 Å². The molecular formula is C47H70N4O4S. The molecule has 3 aromatic carbocycles. The van der Waals surface area contributed by atoms with Crippen molar-refractivity contribution in [2.24, 2.45) is 4.99 Å². The monoisotopic (exact) mass is 787 g/mol. The van der Waals surface area contributed by atoms with E-state index >= 15 is 0 Å². The third-order valence-corrected chi connectivity index (χ3v) is 10.1. The predicted octanol–water partition coefficient (Wildman–Crippen LogP) is 11.6. The number of nitrogens with zero attached hydrogens (tertiary/aromatic N) is 3. The number of aryl methyl sites for hydroxylation is 1. The number of ether oxygens (including phenoxy) is 3. The number of benzene rings is 3. The van der Waals surface area contributed by atoms with Crippen LogP contribution in [0.2, 0.25) is 0 Å². The summed E-state index contributed by atoms with van der Waals surface area (Å²) in [6, 6.07) is 22.5. The van der Waals surface area contributed by atoms with E-state index in [0.29, 0.717) is 31.3 Å². The molecule has 0 saturated heterocycles.